The van der Waals surface area contributed by atoms with Gasteiger partial charge in [-0.25, -0.2) is 4.98 Å². The van der Waals surface area contributed by atoms with E-state index >= 15 is 0 Å². The molecule has 0 radical (unpaired) electrons. The van der Waals surface area contributed by atoms with Gasteiger partial charge in [-0.05, 0) is 20.8 Å². The van der Waals surface area contributed by atoms with E-state index in [4.69, 9.17) is 9.47 Å². The van der Waals surface area contributed by atoms with E-state index in [1.807, 2.05) is 13.1 Å². The quantitative estimate of drug-likeness (QED) is 0.791. The number of aromatic nitrogens is 2. The molecule has 0 saturated heterocycles. The van der Waals surface area contributed by atoms with Gasteiger partial charge in [0.05, 0.1) is 24.9 Å². The van der Waals surface area contributed by atoms with Crippen LogP contribution in [-0.2, 0) is 9.47 Å². The van der Waals surface area contributed by atoms with Crippen LogP contribution in [0.15, 0.2) is 6.20 Å². The van der Waals surface area contributed by atoms with E-state index in [-0.39, 0.29) is 12.1 Å². The fourth-order valence-electron chi connectivity index (χ4n) is 1.79. The fraction of sp³-hybridized carbons (Fsp3) is 0.750. The number of nitrogens with one attached hydrogen (secondary N) is 1. The predicted molar refractivity (Wildman–Crippen MR) is 68.5 cm³/mol. The van der Waals surface area contributed by atoms with Gasteiger partial charge in [0.25, 0.3) is 0 Å². The van der Waals surface area contributed by atoms with E-state index in [1.54, 1.807) is 14.2 Å². The normalized spacial score (nSPS) is 14.6. The Morgan fingerprint density at radius 3 is 2.53 bits per heavy atom. The van der Waals surface area contributed by atoms with E-state index < -0.39 is 0 Å². The molecule has 1 N–H and O–H groups in total. The molecule has 1 aromatic rings. The smallest absolute Gasteiger partial charge is 0.203 e. The summed E-state index contributed by atoms with van der Waals surface area (Å²) in [5.41, 5.74) is 1.00. The molecule has 2 unspecified atom stereocenters. The van der Waals surface area contributed by atoms with Gasteiger partial charge < -0.3 is 19.4 Å². The van der Waals surface area contributed by atoms with Crippen molar-refractivity contribution in [2.45, 2.75) is 32.9 Å². The summed E-state index contributed by atoms with van der Waals surface area (Å²) in [6.45, 7) is 7.49. The molecule has 0 aromatic carbocycles. The minimum Gasteiger partial charge on any atom is -0.383 e. The second-order valence-electron chi connectivity index (χ2n) is 4.42. The zero-order valence-electron chi connectivity index (χ0n) is 11.4. The average Bonchev–Trinajstić information content (AvgIpc) is 2.60. The summed E-state index contributed by atoms with van der Waals surface area (Å²) in [6, 6.07) is 0.494. The van der Waals surface area contributed by atoms with Crippen molar-refractivity contribution in [3.8, 4) is 0 Å². The maximum Gasteiger partial charge on any atom is 0.203 e. The molecule has 0 aliphatic heterocycles. The molecule has 1 rings (SSSR count). The maximum absolute atomic E-state index is 5.17. The van der Waals surface area contributed by atoms with Gasteiger partial charge >= 0.3 is 0 Å². The third kappa shape index (κ3) is 4.02. The fourth-order valence-corrected chi connectivity index (χ4v) is 1.79. The molecule has 0 amide bonds. The highest BCUT2D eigenvalue weighted by atomic mass is 16.5. The van der Waals surface area contributed by atoms with Crippen LogP contribution in [0, 0.1) is 6.92 Å². The Bertz CT molecular complexity index is 338. The number of rotatable bonds is 7. The lowest BCUT2D eigenvalue weighted by molar-refractivity contribution is 0.162. The second kappa shape index (κ2) is 6.61. The monoisotopic (exact) mass is 241 g/mol. The SMILES string of the molecule is COCC(C)Nc1nc(C)cn1C(C)COC. The topological polar surface area (TPSA) is 48.3 Å². The van der Waals surface area contributed by atoms with Crippen molar-refractivity contribution in [2.75, 3.05) is 32.8 Å². The summed E-state index contributed by atoms with van der Waals surface area (Å²) < 4.78 is 12.4. The molecule has 98 valence electrons. The highest BCUT2D eigenvalue weighted by Crippen LogP contribution is 2.16. The molecule has 5 heteroatoms. The van der Waals surface area contributed by atoms with Gasteiger partial charge in [0, 0.05) is 26.5 Å². The molecule has 0 spiro atoms. The van der Waals surface area contributed by atoms with E-state index in [2.05, 4.69) is 28.7 Å². The summed E-state index contributed by atoms with van der Waals surface area (Å²) in [4.78, 5) is 4.48. The van der Waals surface area contributed by atoms with Crippen LogP contribution in [0.4, 0.5) is 5.95 Å². The lowest BCUT2D eigenvalue weighted by atomic mass is 10.3. The van der Waals surface area contributed by atoms with E-state index in [1.165, 1.54) is 0 Å². The molecule has 0 saturated carbocycles. The number of imidazole rings is 1. The first kappa shape index (κ1) is 14.0. The number of hydrogen-bond donors (Lipinski definition) is 1. The molecule has 2 atom stereocenters. The summed E-state index contributed by atoms with van der Waals surface area (Å²) >= 11 is 0. The van der Waals surface area contributed by atoms with E-state index in [9.17, 15) is 0 Å². The maximum atomic E-state index is 5.17. The van der Waals surface area contributed by atoms with Gasteiger partial charge in [0.1, 0.15) is 0 Å². The van der Waals surface area contributed by atoms with Gasteiger partial charge in [0.2, 0.25) is 5.95 Å². The zero-order valence-corrected chi connectivity index (χ0v) is 11.4. The van der Waals surface area contributed by atoms with E-state index in [0.29, 0.717) is 13.2 Å². The van der Waals surface area contributed by atoms with Crippen molar-refractivity contribution in [3.63, 3.8) is 0 Å². The average molecular weight is 241 g/mol. The number of nitrogens with zero attached hydrogens (tertiary/aromatic N) is 2. The van der Waals surface area contributed by atoms with E-state index in [0.717, 1.165) is 11.6 Å². The number of hydrogen-bond acceptors (Lipinski definition) is 4. The van der Waals surface area contributed by atoms with Crippen LogP contribution in [0.1, 0.15) is 25.6 Å². The molecular formula is C12H23N3O2. The van der Waals surface area contributed by atoms with Gasteiger partial charge in [-0.1, -0.05) is 0 Å². The molecule has 0 aliphatic carbocycles. The Hall–Kier alpha value is -1.07. The van der Waals surface area contributed by atoms with Gasteiger partial charge in [-0.3, -0.25) is 0 Å². The third-order valence-corrected chi connectivity index (χ3v) is 2.53. The van der Waals surface area contributed by atoms with Crippen LogP contribution in [0.3, 0.4) is 0 Å². The molecule has 17 heavy (non-hydrogen) atoms. The predicted octanol–water partition coefficient (Wildman–Crippen LogP) is 1.85. The van der Waals surface area contributed by atoms with Gasteiger partial charge in [-0.2, -0.15) is 0 Å². The van der Waals surface area contributed by atoms with Crippen molar-refractivity contribution in [1.29, 1.82) is 0 Å². The molecule has 0 bridgehead atoms. The first-order chi connectivity index (χ1) is 8.08. The number of ether oxygens (including phenoxy) is 2. The minimum absolute atomic E-state index is 0.232. The lowest BCUT2D eigenvalue weighted by Crippen LogP contribution is -2.24. The van der Waals surface area contributed by atoms with Crippen molar-refractivity contribution >= 4 is 5.95 Å². The summed E-state index contributed by atoms with van der Waals surface area (Å²) in [6.07, 6.45) is 2.03. The summed E-state index contributed by atoms with van der Waals surface area (Å²) in [5, 5.41) is 3.34. The molecule has 1 heterocycles. The molecule has 0 fully saturated rings. The highest BCUT2D eigenvalue weighted by molar-refractivity contribution is 5.30. The van der Waals surface area contributed by atoms with Crippen LogP contribution in [0.25, 0.3) is 0 Å². The summed E-state index contributed by atoms with van der Waals surface area (Å²) in [5.74, 6) is 0.872. The molecule has 5 nitrogen and oxygen atoms in total. The Kier molecular flexibility index (Phi) is 5.44. The van der Waals surface area contributed by atoms with Crippen molar-refractivity contribution in [1.82, 2.24) is 9.55 Å². The summed E-state index contributed by atoms with van der Waals surface area (Å²) in [7, 11) is 3.41. The van der Waals surface area contributed by atoms with Crippen molar-refractivity contribution < 1.29 is 9.47 Å². The first-order valence-electron chi connectivity index (χ1n) is 5.88. The van der Waals surface area contributed by atoms with Gasteiger partial charge in [-0.15, -0.1) is 0 Å². The standard InChI is InChI=1S/C12H23N3O2/c1-9-6-15(11(3)8-17-5)12(13-9)14-10(2)7-16-4/h6,10-11H,7-8H2,1-5H3,(H,13,14). The van der Waals surface area contributed by atoms with Crippen molar-refractivity contribution in [3.05, 3.63) is 11.9 Å². The Morgan fingerprint density at radius 1 is 1.29 bits per heavy atom. The Labute approximate surface area is 103 Å². The third-order valence-electron chi connectivity index (χ3n) is 2.53. The number of methoxy groups -OCH3 is 2. The number of aryl methyl sites for hydroxylation is 1. The molecule has 0 aliphatic rings. The Balaban J connectivity index is 2.76. The van der Waals surface area contributed by atoms with Gasteiger partial charge in [0.15, 0.2) is 0 Å². The van der Waals surface area contributed by atoms with Crippen LogP contribution < -0.4 is 5.32 Å². The Morgan fingerprint density at radius 2 is 1.94 bits per heavy atom. The largest absolute Gasteiger partial charge is 0.383 e. The van der Waals surface area contributed by atoms with Crippen LogP contribution >= 0.6 is 0 Å². The lowest BCUT2D eigenvalue weighted by Gasteiger charge is -2.19. The second-order valence-corrected chi connectivity index (χ2v) is 4.42. The number of anilines is 1. The first-order valence-corrected chi connectivity index (χ1v) is 5.88. The minimum atomic E-state index is 0.232. The van der Waals surface area contributed by atoms with Crippen LogP contribution in [-0.4, -0.2) is 43.0 Å². The van der Waals surface area contributed by atoms with Crippen molar-refractivity contribution in [2.24, 2.45) is 0 Å². The highest BCUT2D eigenvalue weighted by Gasteiger charge is 2.13. The molecule has 1 aromatic heterocycles. The van der Waals surface area contributed by atoms with Crippen LogP contribution in [0.5, 0.6) is 0 Å². The molecular weight excluding hydrogens is 218 g/mol. The zero-order chi connectivity index (χ0) is 12.8. The van der Waals surface area contributed by atoms with Crippen LogP contribution in [0.2, 0.25) is 0 Å².